The van der Waals surface area contributed by atoms with E-state index in [2.05, 4.69) is 50.5 Å². The lowest BCUT2D eigenvalue weighted by molar-refractivity contribution is 0.527. The van der Waals surface area contributed by atoms with E-state index in [-0.39, 0.29) is 5.54 Å². The third kappa shape index (κ3) is 2.22. The highest BCUT2D eigenvalue weighted by molar-refractivity contribution is 6.30. The average molecular weight is 274 g/mol. The molecule has 19 heavy (non-hydrogen) atoms. The number of hydrogen-bond donors (Lipinski definition) is 0. The van der Waals surface area contributed by atoms with Crippen LogP contribution >= 0.6 is 11.6 Å². The Kier molecular flexibility index (Phi) is 2.81. The maximum absolute atomic E-state index is 6.15. The maximum Gasteiger partial charge on any atom is 0.0648 e. The van der Waals surface area contributed by atoms with Crippen molar-refractivity contribution in [3.8, 4) is 0 Å². The molecule has 2 aliphatic rings. The summed E-state index contributed by atoms with van der Waals surface area (Å²) in [6.07, 6.45) is 2.59. The Morgan fingerprint density at radius 2 is 1.95 bits per heavy atom. The zero-order chi connectivity index (χ0) is 13.8. The molecule has 100 valence electrons. The Labute approximate surface area is 120 Å². The Morgan fingerprint density at radius 3 is 2.53 bits per heavy atom. The summed E-state index contributed by atoms with van der Waals surface area (Å²) >= 11 is 6.15. The van der Waals surface area contributed by atoms with Gasteiger partial charge in [-0.3, -0.25) is 0 Å². The van der Waals surface area contributed by atoms with E-state index in [0.717, 1.165) is 5.02 Å². The zero-order valence-corrected chi connectivity index (χ0v) is 12.8. The zero-order valence-electron chi connectivity index (χ0n) is 12.0. The van der Waals surface area contributed by atoms with Gasteiger partial charge in [-0.15, -0.1) is 0 Å². The SMILES string of the molecule is CC1=C=C(C2CC2)N(C(C)(C)C)c2ccc(Cl)cc21. The topological polar surface area (TPSA) is 3.24 Å². The van der Waals surface area contributed by atoms with E-state index in [0.29, 0.717) is 5.92 Å². The molecule has 0 saturated heterocycles. The lowest BCUT2D eigenvalue weighted by Gasteiger charge is -2.41. The van der Waals surface area contributed by atoms with Crippen molar-refractivity contribution in [1.29, 1.82) is 0 Å². The lowest BCUT2D eigenvalue weighted by atomic mass is 9.94. The second kappa shape index (κ2) is 4.16. The molecular weight excluding hydrogens is 254 g/mol. The number of rotatable bonds is 1. The molecule has 1 aliphatic carbocycles. The summed E-state index contributed by atoms with van der Waals surface area (Å²) in [5.41, 5.74) is 8.74. The summed E-state index contributed by atoms with van der Waals surface area (Å²) in [5.74, 6) is 0.693. The van der Waals surface area contributed by atoms with Crippen molar-refractivity contribution >= 4 is 22.9 Å². The molecule has 1 aromatic rings. The van der Waals surface area contributed by atoms with Crippen molar-refractivity contribution < 1.29 is 0 Å². The number of halogens is 1. The molecule has 0 amide bonds. The van der Waals surface area contributed by atoms with Gasteiger partial charge in [0.1, 0.15) is 0 Å². The molecule has 0 aromatic heterocycles. The Balaban J connectivity index is 2.24. The third-order valence-electron chi connectivity index (χ3n) is 3.79. The van der Waals surface area contributed by atoms with Gasteiger partial charge in [-0.2, -0.15) is 0 Å². The van der Waals surface area contributed by atoms with Gasteiger partial charge in [-0.1, -0.05) is 17.3 Å². The lowest BCUT2D eigenvalue weighted by Crippen LogP contribution is -2.42. The first-order valence-electron chi connectivity index (χ1n) is 6.95. The highest BCUT2D eigenvalue weighted by Crippen LogP contribution is 2.47. The van der Waals surface area contributed by atoms with E-state index in [1.165, 1.54) is 35.4 Å². The first kappa shape index (κ1) is 12.8. The fourth-order valence-corrected chi connectivity index (χ4v) is 2.98. The van der Waals surface area contributed by atoms with Crippen LogP contribution in [-0.2, 0) is 0 Å². The van der Waals surface area contributed by atoms with E-state index in [9.17, 15) is 0 Å². The predicted molar refractivity (Wildman–Crippen MR) is 82.5 cm³/mol. The molecule has 0 unspecified atom stereocenters. The number of fused-ring (bicyclic) bond motifs is 1. The molecule has 3 rings (SSSR count). The number of allylic oxidation sites excluding steroid dienone is 1. The Hall–Kier alpha value is -1.17. The molecule has 1 heterocycles. The Morgan fingerprint density at radius 1 is 1.26 bits per heavy atom. The standard InChI is InChI=1S/C17H20ClN/c1-11-9-16(12-5-6-12)19(17(2,3)4)15-8-7-13(18)10-14(11)15/h7-8,10,12H,5-6H2,1-4H3. The minimum atomic E-state index is 0.0637. The highest BCUT2D eigenvalue weighted by atomic mass is 35.5. The second-order valence-corrected chi connectivity index (χ2v) is 7.01. The van der Waals surface area contributed by atoms with Gasteiger partial charge >= 0.3 is 0 Å². The van der Waals surface area contributed by atoms with Crippen LogP contribution in [0.15, 0.2) is 29.6 Å². The van der Waals surface area contributed by atoms with Crippen molar-refractivity contribution in [3.63, 3.8) is 0 Å². The predicted octanol–water partition coefficient (Wildman–Crippen LogP) is 5.25. The molecule has 0 atom stereocenters. The van der Waals surface area contributed by atoms with Crippen LogP contribution in [0.4, 0.5) is 5.69 Å². The number of benzene rings is 1. The van der Waals surface area contributed by atoms with Crippen molar-refractivity contribution in [3.05, 3.63) is 40.2 Å². The monoisotopic (exact) mass is 273 g/mol. The van der Waals surface area contributed by atoms with E-state index in [4.69, 9.17) is 11.6 Å². The molecule has 0 spiro atoms. The molecule has 1 aliphatic heterocycles. The summed E-state index contributed by atoms with van der Waals surface area (Å²) in [4.78, 5) is 2.45. The number of hydrogen-bond acceptors (Lipinski definition) is 1. The largest absolute Gasteiger partial charge is 0.332 e. The quantitative estimate of drug-likeness (QED) is 0.631. The van der Waals surface area contributed by atoms with Crippen molar-refractivity contribution in [2.24, 2.45) is 5.92 Å². The summed E-state index contributed by atoms with van der Waals surface area (Å²) < 4.78 is 0. The first-order valence-corrected chi connectivity index (χ1v) is 7.33. The summed E-state index contributed by atoms with van der Waals surface area (Å²) in [6, 6.07) is 6.19. The van der Waals surface area contributed by atoms with Crippen LogP contribution in [0.3, 0.4) is 0 Å². The van der Waals surface area contributed by atoms with Gasteiger partial charge in [0, 0.05) is 27.6 Å². The van der Waals surface area contributed by atoms with Gasteiger partial charge < -0.3 is 4.90 Å². The van der Waals surface area contributed by atoms with Gasteiger partial charge in [-0.25, -0.2) is 0 Å². The molecule has 1 aromatic carbocycles. The van der Waals surface area contributed by atoms with Crippen LogP contribution < -0.4 is 4.90 Å². The first-order chi connectivity index (χ1) is 8.88. The molecule has 0 N–H and O–H groups in total. The maximum atomic E-state index is 6.15. The van der Waals surface area contributed by atoms with Crippen LogP contribution in [0.2, 0.25) is 5.02 Å². The van der Waals surface area contributed by atoms with Crippen LogP contribution in [0.25, 0.3) is 5.57 Å². The molecule has 1 nitrogen and oxygen atoms in total. The van der Waals surface area contributed by atoms with Crippen molar-refractivity contribution in [1.82, 2.24) is 0 Å². The second-order valence-electron chi connectivity index (χ2n) is 6.58. The average Bonchev–Trinajstić information content (AvgIpc) is 3.11. The summed E-state index contributed by atoms with van der Waals surface area (Å²) in [6.45, 7) is 8.92. The fourth-order valence-electron chi connectivity index (χ4n) is 2.81. The molecular formula is C17H20ClN. The van der Waals surface area contributed by atoms with Gasteiger partial charge in [0.05, 0.1) is 11.4 Å². The van der Waals surface area contributed by atoms with Crippen molar-refractivity contribution in [2.45, 2.75) is 46.1 Å². The smallest absolute Gasteiger partial charge is 0.0648 e. The summed E-state index contributed by atoms with van der Waals surface area (Å²) in [5, 5.41) is 0.795. The number of anilines is 1. The van der Waals surface area contributed by atoms with Crippen LogP contribution in [0, 0.1) is 5.92 Å². The van der Waals surface area contributed by atoms with E-state index in [1.807, 2.05) is 6.07 Å². The van der Waals surface area contributed by atoms with Crippen molar-refractivity contribution in [2.75, 3.05) is 4.90 Å². The van der Waals surface area contributed by atoms with Gasteiger partial charge in [0.2, 0.25) is 0 Å². The van der Waals surface area contributed by atoms with Crippen LogP contribution in [0.5, 0.6) is 0 Å². The third-order valence-corrected chi connectivity index (χ3v) is 4.03. The van der Waals surface area contributed by atoms with Gasteiger partial charge in [-0.05, 0) is 58.7 Å². The minimum Gasteiger partial charge on any atom is -0.332 e. The normalized spacial score (nSPS) is 18.9. The van der Waals surface area contributed by atoms with Crippen LogP contribution in [-0.4, -0.2) is 5.54 Å². The van der Waals surface area contributed by atoms with E-state index >= 15 is 0 Å². The molecule has 1 fully saturated rings. The fraction of sp³-hybridized carbons (Fsp3) is 0.471. The molecule has 2 heteroatoms. The van der Waals surface area contributed by atoms with Gasteiger partial charge in [0.15, 0.2) is 0 Å². The van der Waals surface area contributed by atoms with E-state index < -0.39 is 0 Å². The van der Waals surface area contributed by atoms with Crippen LogP contribution in [0.1, 0.15) is 46.1 Å². The summed E-state index contributed by atoms with van der Waals surface area (Å²) in [7, 11) is 0. The molecule has 1 saturated carbocycles. The highest BCUT2D eigenvalue weighted by Gasteiger charge is 2.37. The molecule has 0 radical (unpaired) electrons. The van der Waals surface area contributed by atoms with E-state index in [1.54, 1.807) is 0 Å². The van der Waals surface area contributed by atoms with Gasteiger partial charge in [0.25, 0.3) is 0 Å². The minimum absolute atomic E-state index is 0.0637. The molecule has 0 bridgehead atoms. The number of nitrogens with zero attached hydrogens (tertiary/aromatic N) is 1. The Bertz CT molecular complexity index is 596.